The molecular weight excluding hydrogens is 427 g/mol. The first-order valence-corrected chi connectivity index (χ1v) is 9.82. The maximum atomic E-state index is 12.8. The molecule has 0 N–H and O–H groups in total. The normalized spacial score (nSPS) is 11.4. The molecule has 0 aliphatic carbocycles. The van der Waals surface area contributed by atoms with Crippen LogP contribution in [0.25, 0.3) is 5.69 Å². The summed E-state index contributed by atoms with van der Waals surface area (Å²) in [6.45, 7) is 3.05. The molecule has 1 aromatic carbocycles. The third kappa shape index (κ3) is 5.19. The Morgan fingerprint density at radius 3 is 2.44 bits per heavy atom. The van der Waals surface area contributed by atoms with E-state index in [4.69, 9.17) is 9.47 Å². The lowest BCUT2D eigenvalue weighted by Crippen LogP contribution is -2.20. The Hall–Kier alpha value is -3.56. The predicted octanol–water partition coefficient (Wildman–Crippen LogP) is 4.29. The van der Waals surface area contributed by atoms with Gasteiger partial charge in [-0.25, -0.2) is 9.48 Å². The minimum absolute atomic E-state index is 0.0322. The van der Waals surface area contributed by atoms with Crippen LogP contribution in [0.3, 0.4) is 0 Å². The first-order valence-electron chi connectivity index (χ1n) is 9.82. The molecule has 3 aromatic rings. The van der Waals surface area contributed by atoms with Gasteiger partial charge in [0, 0.05) is 17.0 Å². The van der Waals surface area contributed by atoms with E-state index in [0.29, 0.717) is 11.4 Å². The van der Waals surface area contributed by atoms with Crippen molar-refractivity contribution in [3.8, 4) is 11.4 Å². The molecule has 0 amide bonds. The molecule has 0 aliphatic heterocycles. The molecule has 2 heterocycles. The minimum atomic E-state index is -4.41. The number of hydrogen-bond donors (Lipinski definition) is 0. The summed E-state index contributed by atoms with van der Waals surface area (Å²) < 4.78 is 51.5. The van der Waals surface area contributed by atoms with Crippen LogP contribution in [-0.2, 0) is 11.3 Å². The van der Waals surface area contributed by atoms with E-state index in [1.54, 1.807) is 31.2 Å². The highest BCUT2D eigenvalue weighted by molar-refractivity contribution is 5.99. The fourth-order valence-corrected chi connectivity index (χ4v) is 3.24. The fourth-order valence-electron chi connectivity index (χ4n) is 3.24. The Balaban J connectivity index is 1.83. The summed E-state index contributed by atoms with van der Waals surface area (Å²) in [5, 5.41) is 4.20. The number of ether oxygens (including phenoxy) is 2. The van der Waals surface area contributed by atoms with E-state index in [9.17, 15) is 22.8 Å². The number of carbonyl (C=O) groups excluding carboxylic acids is 2. The number of hydrogen-bond acceptors (Lipinski definition) is 5. The Labute approximate surface area is 182 Å². The van der Waals surface area contributed by atoms with Crippen molar-refractivity contribution in [1.29, 1.82) is 0 Å². The molecule has 170 valence electrons. The van der Waals surface area contributed by atoms with E-state index in [2.05, 4.69) is 5.10 Å². The molecule has 0 unspecified atom stereocenters. The van der Waals surface area contributed by atoms with Gasteiger partial charge in [0.2, 0.25) is 11.5 Å². The quantitative estimate of drug-likeness (QED) is 0.379. The maximum absolute atomic E-state index is 12.8. The lowest BCUT2D eigenvalue weighted by atomic mass is 10.1. The van der Waals surface area contributed by atoms with Crippen LogP contribution in [0.2, 0.25) is 0 Å². The summed E-state index contributed by atoms with van der Waals surface area (Å²) in [6.07, 6.45) is -2.96. The lowest BCUT2D eigenvalue weighted by Gasteiger charge is -2.12. The molecule has 0 saturated carbocycles. The molecule has 0 fully saturated rings. The predicted molar refractivity (Wildman–Crippen MR) is 109 cm³/mol. The highest BCUT2D eigenvalue weighted by Crippen LogP contribution is 2.25. The van der Waals surface area contributed by atoms with Crippen LogP contribution in [0.5, 0.6) is 5.75 Å². The van der Waals surface area contributed by atoms with Crippen molar-refractivity contribution in [1.82, 2.24) is 14.3 Å². The molecular formula is C22H22F3N3O4. The number of ketones is 1. The zero-order valence-corrected chi connectivity index (χ0v) is 17.8. The van der Waals surface area contributed by atoms with E-state index < -0.39 is 31.1 Å². The van der Waals surface area contributed by atoms with E-state index in [1.807, 2.05) is 6.07 Å². The second-order valence-electron chi connectivity index (χ2n) is 7.04. The molecule has 3 rings (SSSR count). The van der Waals surface area contributed by atoms with Crippen molar-refractivity contribution in [3.05, 3.63) is 65.2 Å². The fraction of sp³-hybridized carbons (Fsp3) is 0.318. The van der Waals surface area contributed by atoms with Crippen LogP contribution >= 0.6 is 0 Å². The summed E-state index contributed by atoms with van der Waals surface area (Å²) in [6, 6.07) is 10.3. The monoisotopic (exact) mass is 449 g/mol. The molecule has 0 bridgehead atoms. The van der Waals surface area contributed by atoms with Crippen LogP contribution in [0.15, 0.2) is 42.6 Å². The molecule has 0 saturated heterocycles. The summed E-state index contributed by atoms with van der Waals surface area (Å²) in [5.74, 6) is -1.20. The zero-order valence-electron chi connectivity index (χ0n) is 17.8. The van der Waals surface area contributed by atoms with Gasteiger partial charge in [0.1, 0.15) is 6.54 Å². The van der Waals surface area contributed by atoms with Gasteiger partial charge in [0.25, 0.3) is 0 Å². The van der Waals surface area contributed by atoms with Crippen LogP contribution < -0.4 is 4.74 Å². The van der Waals surface area contributed by atoms with Gasteiger partial charge in [-0.05, 0) is 39.0 Å². The number of aryl methyl sites for hydroxylation is 1. The first-order chi connectivity index (χ1) is 15.1. The number of halogens is 3. The van der Waals surface area contributed by atoms with Gasteiger partial charge in [-0.15, -0.1) is 0 Å². The van der Waals surface area contributed by atoms with Gasteiger partial charge in [-0.1, -0.05) is 18.2 Å². The number of Topliss-reactive ketones (excluding diaryl/α,β-unsaturated/α-hetero) is 1. The second kappa shape index (κ2) is 9.29. The highest BCUT2D eigenvalue weighted by atomic mass is 19.4. The Kier molecular flexibility index (Phi) is 6.71. The largest absolute Gasteiger partial charge is 0.481 e. The molecule has 10 heteroatoms. The van der Waals surface area contributed by atoms with Crippen LogP contribution in [0.1, 0.15) is 39.2 Å². The molecule has 7 nitrogen and oxygen atoms in total. The van der Waals surface area contributed by atoms with E-state index >= 15 is 0 Å². The molecule has 2 aromatic heterocycles. The average molecular weight is 449 g/mol. The SMILES string of the molecule is CCOC(=O)c1nn(-c2ccccc2)cc1OCC(=O)c1cc(C)n(CC(F)(F)F)c1C. The van der Waals surface area contributed by atoms with Gasteiger partial charge >= 0.3 is 12.1 Å². The molecule has 0 radical (unpaired) electrons. The number of rotatable bonds is 8. The van der Waals surface area contributed by atoms with Gasteiger partial charge in [0.15, 0.2) is 12.4 Å². The topological polar surface area (TPSA) is 75.3 Å². The van der Waals surface area contributed by atoms with Crippen molar-refractivity contribution in [2.75, 3.05) is 13.2 Å². The smallest absolute Gasteiger partial charge is 0.406 e. The first kappa shape index (κ1) is 23.1. The van der Waals surface area contributed by atoms with Crippen molar-refractivity contribution in [2.24, 2.45) is 0 Å². The third-order valence-corrected chi connectivity index (χ3v) is 4.74. The minimum Gasteiger partial charge on any atom is -0.481 e. The number of benzene rings is 1. The Bertz CT molecular complexity index is 1120. The molecule has 0 atom stereocenters. The summed E-state index contributed by atoms with van der Waals surface area (Å²) in [7, 11) is 0. The highest BCUT2D eigenvalue weighted by Gasteiger charge is 2.30. The van der Waals surface area contributed by atoms with Crippen LogP contribution in [0, 0.1) is 13.8 Å². The van der Waals surface area contributed by atoms with Gasteiger partial charge in [-0.2, -0.15) is 18.3 Å². The van der Waals surface area contributed by atoms with E-state index in [0.717, 1.165) is 4.57 Å². The number of carbonyl (C=O) groups is 2. The number of nitrogens with zero attached hydrogens (tertiary/aromatic N) is 3. The number of esters is 1. The summed E-state index contributed by atoms with van der Waals surface area (Å²) >= 11 is 0. The lowest BCUT2D eigenvalue weighted by molar-refractivity contribution is -0.141. The average Bonchev–Trinajstić information content (AvgIpc) is 3.29. The Morgan fingerprint density at radius 2 is 1.81 bits per heavy atom. The molecule has 0 aliphatic rings. The van der Waals surface area contributed by atoms with E-state index in [1.165, 1.54) is 30.8 Å². The molecule has 32 heavy (non-hydrogen) atoms. The van der Waals surface area contributed by atoms with Gasteiger partial charge < -0.3 is 14.0 Å². The molecule has 0 spiro atoms. The maximum Gasteiger partial charge on any atom is 0.406 e. The van der Waals surface area contributed by atoms with E-state index in [-0.39, 0.29) is 29.3 Å². The number of aromatic nitrogens is 3. The van der Waals surface area contributed by atoms with Crippen molar-refractivity contribution < 1.29 is 32.2 Å². The Morgan fingerprint density at radius 1 is 1.12 bits per heavy atom. The van der Waals surface area contributed by atoms with Crippen LogP contribution in [-0.4, -0.2) is 45.5 Å². The van der Waals surface area contributed by atoms with Crippen molar-refractivity contribution in [2.45, 2.75) is 33.5 Å². The summed E-state index contributed by atoms with van der Waals surface area (Å²) in [4.78, 5) is 25.0. The van der Waals surface area contributed by atoms with Gasteiger partial charge in [0.05, 0.1) is 18.5 Å². The number of alkyl halides is 3. The van der Waals surface area contributed by atoms with Crippen molar-refractivity contribution in [3.63, 3.8) is 0 Å². The third-order valence-electron chi connectivity index (χ3n) is 4.74. The number of para-hydroxylation sites is 1. The van der Waals surface area contributed by atoms with Gasteiger partial charge in [-0.3, -0.25) is 4.79 Å². The summed E-state index contributed by atoms with van der Waals surface area (Å²) in [5.41, 5.74) is 1.19. The zero-order chi connectivity index (χ0) is 23.5. The van der Waals surface area contributed by atoms with Crippen LogP contribution in [0.4, 0.5) is 13.2 Å². The second-order valence-corrected chi connectivity index (χ2v) is 7.04. The van der Waals surface area contributed by atoms with Crippen molar-refractivity contribution >= 4 is 11.8 Å². The standard InChI is InChI=1S/C22H22F3N3O4/c1-4-31-21(30)20-19(11-28(26-20)16-8-6-5-7-9-16)32-12-18(29)17-10-14(2)27(15(17)3)13-22(23,24)25/h5-11H,4,12-13H2,1-3H3.